The van der Waals surface area contributed by atoms with Crippen LogP contribution < -0.4 is 5.32 Å². The van der Waals surface area contributed by atoms with Gasteiger partial charge in [-0.05, 0) is 18.6 Å². The van der Waals surface area contributed by atoms with Crippen molar-refractivity contribution in [2.24, 2.45) is 0 Å². The van der Waals surface area contributed by atoms with E-state index in [4.69, 9.17) is 5.11 Å². The van der Waals surface area contributed by atoms with Crippen molar-refractivity contribution >= 4 is 17.3 Å². The maximum atomic E-state index is 10.3. The third kappa shape index (κ3) is 4.74. The molecule has 0 amide bonds. The topological polar surface area (TPSA) is 69.6 Å². The SMILES string of the molecule is CCc1ccc(CNCC(O)CC(=O)O)s1. The van der Waals surface area contributed by atoms with Gasteiger partial charge in [-0.1, -0.05) is 6.92 Å². The van der Waals surface area contributed by atoms with Gasteiger partial charge in [-0.25, -0.2) is 0 Å². The highest BCUT2D eigenvalue weighted by atomic mass is 32.1. The van der Waals surface area contributed by atoms with Crippen molar-refractivity contribution in [3.8, 4) is 0 Å². The van der Waals surface area contributed by atoms with Crippen LogP contribution in [0.4, 0.5) is 0 Å². The summed E-state index contributed by atoms with van der Waals surface area (Å²) in [5, 5.41) is 20.8. The number of carbonyl (C=O) groups is 1. The molecular formula is C11H17NO3S. The number of aliphatic carboxylic acids is 1. The third-order valence-corrected chi connectivity index (χ3v) is 3.38. The normalized spacial score (nSPS) is 12.6. The fourth-order valence-electron chi connectivity index (χ4n) is 1.34. The van der Waals surface area contributed by atoms with E-state index in [2.05, 4.69) is 24.4 Å². The summed E-state index contributed by atoms with van der Waals surface area (Å²) in [5.74, 6) is -0.973. The Morgan fingerprint density at radius 1 is 1.50 bits per heavy atom. The summed E-state index contributed by atoms with van der Waals surface area (Å²) in [4.78, 5) is 12.8. The highest BCUT2D eigenvalue weighted by Crippen LogP contribution is 2.16. The summed E-state index contributed by atoms with van der Waals surface area (Å²) < 4.78 is 0. The van der Waals surface area contributed by atoms with E-state index in [1.54, 1.807) is 11.3 Å². The van der Waals surface area contributed by atoms with Gasteiger partial charge >= 0.3 is 5.97 Å². The van der Waals surface area contributed by atoms with Crippen LogP contribution in [-0.2, 0) is 17.8 Å². The van der Waals surface area contributed by atoms with Crippen LogP contribution in [0.2, 0.25) is 0 Å². The van der Waals surface area contributed by atoms with Gasteiger partial charge in [-0.3, -0.25) is 4.79 Å². The molecule has 16 heavy (non-hydrogen) atoms. The van der Waals surface area contributed by atoms with Gasteiger partial charge in [0.15, 0.2) is 0 Å². The third-order valence-electron chi connectivity index (χ3n) is 2.16. The fraction of sp³-hybridized carbons (Fsp3) is 0.545. The van der Waals surface area contributed by atoms with Gasteiger partial charge < -0.3 is 15.5 Å². The minimum Gasteiger partial charge on any atom is -0.481 e. The van der Waals surface area contributed by atoms with Gasteiger partial charge in [0.25, 0.3) is 0 Å². The number of aliphatic hydroxyl groups is 1. The van der Waals surface area contributed by atoms with Crippen molar-refractivity contribution in [2.75, 3.05) is 6.54 Å². The standard InChI is InChI=1S/C11H17NO3S/c1-2-9-3-4-10(16-9)7-12-6-8(13)5-11(14)15/h3-4,8,12-13H,2,5-7H2,1H3,(H,14,15). The summed E-state index contributed by atoms with van der Waals surface area (Å²) in [5.41, 5.74) is 0. The second-order valence-electron chi connectivity index (χ2n) is 3.60. The van der Waals surface area contributed by atoms with E-state index in [0.717, 1.165) is 6.42 Å². The van der Waals surface area contributed by atoms with E-state index < -0.39 is 12.1 Å². The van der Waals surface area contributed by atoms with E-state index >= 15 is 0 Å². The first-order chi connectivity index (χ1) is 7.61. The van der Waals surface area contributed by atoms with Crippen molar-refractivity contribution in [1.29, 1.82) is 0 Å². The average molecular weight is 243 g/mol. The molecule has 5 heteroatoms. The van der Waals surface area contributed by atoms with Crippen LogP contribution in [0.1, 0.15) is 23.1 Å². The molecule has 0 saturated carbocycles. The minimum absolute atomic E-state index is 0.211. The van der Waals surface area contributed by atoms with Gasteiger partial charge in [-0.15, -0.1) is 11.3 Å². The first-order valence-corrected chi connectivity index (χ1v) is 6.11. The largest absolute Gasteiger partial charge is 0.481 e. The summed E-state index contributed by atoms with van der Waals surface area (Å²) in [7, 11) is 0. The number of aliphatic hydroxyl groups excluding tert-OH is 1. The average Bonchev–Trinajstić information content (AvgIpc) is 2.64. The lowest BCUT2D eigenvalue weighted by molar-refractivity contribution is -0.139. The zero-order chi connectivity index (χ0) is 12.0. The molecule has 0 bridgehead atoms. The molecule has 0 fully saturated rings. The Balaban J connectivity index is 2.22. The molecule has 4 nitrogen and oxygen atoms in total. The molecule has 0 aliphatic heterocycles. The molecule has 3 N–H and O–H groups in total. The minimum atomic E-state index is -0.973. The Morgan fingerprint density at radius 3 is 2.75 bits per heavy atom. The van der Waals surface area contributed by atoms with Crippen LogP contribution in [0.15, 0.2) is 12.1 Å². The number of carboxylic acids is 1. The molecule has 1 aromatic rings. The van der Waals surface area contributed by atoms with E-state index in [-0.39, 0.29) is 6.42 Å². The maximum absolute atomic E-state index is 10.3. The maximum Gasteiger partial charge on any atom is 0.306 e. The van der Waals surface area contributed by atoms with Crippen molar-refractivity contribution in [1.82, 2.24) is 5.32 Å². The molecule has 1 aromatic heterocycles. The highest BCUT2D eigenvalue weighted by molar-refractivity contribution is 7.11. The van der Waals surface area contributed by atoms with Crippen molar-refractivity contribution < 1.29 is 15.0 Å². The van der Waals surface area contributed by atoms with Gasteiger partial charge in [0.05, 0.1) is 12.5 Å². The van der Waals surface area contributed by atoms with Gasteiger partial charge in [0, 0.05) is 22.8 Å². The number of thiophene rings is 1. The zero-order valence-electron chi connectivity index (χ0n) is 9.27. The Labute approximate surface area is 98.9 Å². The van der Waals surface area contributed by atoms with Crippen molar-refractivity contribution in [2.45, 2.75) is 32.4 Å². The van der Waals surface area contributed by atoms with Crippen LogP contribution in [0, 0.1) is 0 Å². The molecule has 0 aliphatic carbocycles. The van der Waals surface area contributed by atoms with E-state index in [1.165, 1.54) is 9.75 Å². The predicted octanol–water partition coefficient (Wildman–Crippen LogP) is 1.24. The number of nitrogens with one attached hydrogen (secondary N) is 1. The van der Waals surface area contributed by atoms with Crippen LogP contribution in [0.5, 0.6) is 0 Å². The van der Waals surface area contributed by atoms with Gasteiger partial charge in [0.2, 0.25) is 0 Å². The zero-order valence-corrected chi connectivity index (χ0v) is 10.1. The Hall–Kier alpha value is -0.910. The molecule has 0 aliphatic rings. The molecule has 1 unspecified atom stereocenters. The Bertz CT molecular complexity index is 338. The molecule has 1 heterocycles. The molecule has 90 valence electrons. The van der Waals surface area contributed by atoms with Gasteiger partial charge in [0.1, 0.15) is 0 Å². The van der Waals surface area contributed by atoms with E-state index in [1.807, 2.05) is 0 Å². The highest BCUT2D eigenvalue weighted by Gasteiger charge is 2.08. The lowest BCUT2D eigenvalue weighted by Gasteiger charge is -2.08. The predicted molar refractivity (Wildman–Crippen MR) is 63.7 cm³/mol. The van der Waals surface area contributed by atoms with Gasteiger partial charge in [-0.2, -0.15) is 0 Å². The summed E-state index contributed by atoms with van der Waals surface area (Å²) >= 11 is 1.74. The summed E-state index contributed by atoms with van der Waals surface area (Å²) in [6, 6.07) is 4.15. The van der Waals surface area contributed by atoms with E-state index in [0.29, 0.717) is 13.1 Å². The number of aryl methyl sites for hydroxylation is 1. The smallest absolute Gasteiger partial charge is 0.306 e. The second kappa shape index (κ2) is 6.62. The quantitative estimate of drug-likeness (QED) is 0.674. The monoisotopic (exact) mass is 243 g/mol. The molecule has 1 atom stereocenters. The number of hydrogen-bond donors (Lipinski definition) is 3. The fourth-order valence-corrected chi connectivity index (χ4v) is 2.27. The molecule has 0 radical (unpaired) electrons. The molecule has 1 rings (SSSR count). The number of carboxylic acid groups (broad SMARTS) is 1. The molecular weight excluding hydrogens is 226 g/mol. The first kappa shape index (κ1) is 13.2. The van der Waals surface area contributed by atoms with Crippen molar-refractivity contribution in [3.05, 3.63) is 21.9 Å². The van der Waals surface area contributed by atoms with Crippen LogP contribution in [0.3, 0.4) is 0 Å². The van der Waals surface area contributed by atoms with Crippen LogP contribution >= 0.6 is 11.3 Å². The summed E-state index contributed by atoms with van der Waals surface area (Å²) in [6.45, 7) is 3.10. The second-order valence-corrected chi connectivity index (χ2v) is 4.86. The lowest BCUT2D eigenvalue weighted by atomic mass is 10.2. The molecule has 0 saturated heterocycles. The van der Waals surface area contributed by atoms with Crippen LogP contribution in [-0.4, -0.2) is 28.8 Å². The lowest BCUT2D eigenvalue weighted by Crippen LogP contribution is -2.28. The van der Waals surface area contributed by atoms with Crippen LogP contribution in [0.25, 0.3) is 0 Å². The first-order valence-electron chi connectivity index (χ1n) is 5.30. The molecule has 0 aromatic carbocycles. The Morgan fingerprint density at radius 2 is 2.19 bits per heavy atom. The molecule has 0 spiro atoms. The van der Waals surface area contributed by atoms with E-state index in [9.17, 15) is 9.90 Å². The number of rotatable bonds is 7. The van der Waals surface area contributed by atoms with Crippen molar-refractivity contribution in [3.63, 3.8) is 0 Å². The summed E-state index contributed by atoms with van der Waals surface area (Å²) in [6.07, 6.45) is 0.00680. The number of hydrogen-bond acceptors (Lipinski definition) is 4. The Kier molecular flexibility index (Phi) is 5.45.